The fourth-order valence-corrected chi connectivity index (χ4v) is 1.15. The Morgan fingerprint density at radius 1 is 1.31 bits per heavy atom. The number of benzene rings is 1. The van der Waals surface area contributed by atoms with Gasteiger partial charge in [-0.2, -0.15) is 5.26 Å². The van der Waals surface area contributed by atoms with Crippen LogP contribution in [0.4, 0.5) is 0 Å². The fraction of sp³-hybridized carbons (Fsp3) is 0. The van der Waals surface area contributed by atoms with Crippen LogP contribution in [0.15, 0.2) is 41.7 Å². The summed E-state index contributed by atoms with van der Waals surface area (Å²) in [6.07, 6.45) is 7.01. The van der Waals surface area contributed by atoms with E-state index < -0.39 is 0 Å². The van der Waals surface area contributed by atoms with Gasteiger partial charge in [0.2, 0.25) is 0 Å². The molecule has 0 spiro atoms. The highest BCUT2D eigenvalue weighted by atomic mass is 15.1. The largest absolute Gasteiger partial charge is 0.260 e. The molecule has 0 unspecified atom stereocenters. The van der Waals surface area contributed by atoms with Gasteiger partial charge in [0.25, 0.3) is 0 Å². The molecule has 0 aromatic heterocycles. The Morgan fingerprint density at radius 3 is 3.00 bits per heavy atom. The third kappa shape index (κ3) is 1.42. The smallest absolute Gasteiger partial charge is 0.188 e. The molecular formula is C10H7N3. The van der Waals surface area contributed by atoms with Gasteiger partial charge in [0.05, 0.1) is 5.36 Å². The number of fused-ring (bicyclic) bond motifs is 1. The molecule has 0 bridgehead atoms. The molecule has 0 saturated heterocycles. The van der Waals surface area contributed by atoms with E-state index in [-0.39, 0.29) is 0 Å². The summed E-state index contributed by atoms with van der Waals surface area (Å²) in [6.45, 7) is 0. The molecule has 1 aliphatic rings. The van der Waals surface area contributed by atoms with E-state index in [1.165, 1.54) is 4.90 Å². The third-order valence-corrected chi connectivity index (χ3v) is 1.77. The van der Waals surface area contributed by atoms with E-state index >= 15 is 0 Å². The Bertz CT molecular complexity index is 494. The lowest BCUT2D eigenvalue weighted by molar-refractivity contribution is 0.774. The van der Waals surface area contributed by atoms with Crippen LogP contribution in [0.1, 0.15) is 0 Å². The predicted octanol–water partition coefficient (Wildman–Crippen LogP) is 0.312. The molecule has 0 radical (unpaired) electrons. The summed E-state index contributed by atoms with van der Waals surface area (Å²) in [5.74, 6) is 0. The number of rotatable bonds is 0. The average molecular weight is 169 g/mol. The van der Waals surface area contributed by atoms with Gasteiger partial charge in [0.15, 0.2) is 6.19 Å². The van der Waals surface area contributed by atoms with Crippen molar-refractivity contribution in [3.8, 4) is 6.19 Å². The van der Waals surface area contributed by atoms with E-state index in [1.54, 1.807) is 18.6 Å². The van der Waals surface area contributed by atoms with Crippen molar-refractivity contribution in [2.75, 3.05) is 0 Å². The maximum Gasteiger partial charge on any atom is 0.188 e. The monoisotopic (exact) mass is 169 g/mol. The summed E-state index contributed by atoms with van der Waals surface area (Å²) in [5, 5.41) is 10.5. The summed E-state index contributed by atoms with van der Waals surface area (Å²) in [5.41, 5.74) is 0. The zero-order valence-corrected chi connectivity index (χ0v) is 6.88. The Kier molecular flexibility index (Phi) is 1.81. The zero-order valence-electron chi connectivity index (χ0n) is 6.88. The van der Waals surface area contributed by atoms with Crippen LogP contribution in [-0.2, 0) is 0 Å². The van der Waals surface area contributed by atoms with E-state index in [9.17, 15) is 0 Å². The van der Waals surface area contributed by atoms with Crippen LogP contribution in [0, 0.1) is 11.5 Å². The summed E-state index contributed by atoms with van der Waals surface area (Å²) < 4.78 is 0. The standard InChI is InChI=1S/C10H7N3/c11-8-13-6-5-12-10-4-2-1-3-9(10)7-13/h1-7H. The second kappa shape index (κ2) is 3.11. The molecule has 3 nitrogen and oxygen atoms in total. The maximum absolute atomic E-state index is 8.69. The molecule has 0 N–H and O–H groups in total. The molecule has 1 aromatic carbocycles. The lowest BCUT2D eigenvalue weighted by Gasteiger charge is -1.98. The van der Waals surface area contributed by atoms with Crippen LogP contribution < -0.4 is 10.6 Å². The topological polar surface area (TPSA) is 39.4 Å². The minimum atomic E-state index is 0.886. The van der Waals surface area contributed by atoms with Crippen molar-refractivity contribution in [2.45, 2.75) is 0 Å². The molecule has 1 heterocycles. The molecule has 1 aliphatic heterocycles. The van der Waals surface area contributed by atoms with Crippen LogP contribution in [0.2, 0.25) is 0 Å². The Balaban J connectivity index is 2.71. The minimum Gasteiger partial charge on any atom is -0.260 e. The first-order valence-electron chi connectivity index (χ1n) is 3.89. The number of nitriles is 1. The van der Waals surface area contributed by atoms with Gasteiger partial charge in [0.1, 0.15) is 0 Å². The number of nitrogens with zero attached hydrogens (tertiary/aromatic N) is 3. The number of hydrogen-bond acceptors (Lipinski definition) is 3. The molecule has 13 heavy (non-hydrogen) atoms. The van der Waals surface area contributed by atoms with Gasteiger partial charge < -0.3 is 0 Å². The van der Waals surface area contributed by atoms with Crippen molar-refractivity contribution in [1.29, 1.82) is 5.26 Å². The Morgan fingerprint density at radius 2 is 2.15 bits per heavy atom. The highest BCUT2D eigenvalue weighted by Crippen LogP contribution is 1.90. The van der Waals surface area contributed by atoms with Gasteiger partial charge in [-0.05, 0) is 6.07 Å². The van der Waals surface area contributed by atoms with Crippen molar-refractivity contribution in [2.24, 2.45) is 4.99 Å². The predicted molar refractivity (Wildman–Crippen MR) is 48.3 cm³/mol. The van der Waals surface area contributed by atoms with Crippen LogP contribution in [0.25, 0.3) is 6.20 Å². The average Bonchev–Trinajstić information content (AvgIpc) is 2.38. The van der Waals surface area contributed by atoms with Crippen LogP contribution in [0.5, 0.6) is 0 Å². The van der Waals surface area contributed by atoms with Gasteiger partial charge in [0, 0.05) is 23.8 Å². The lowest BCUT2D eigenvalue weighted by Crippen LogP contribution is -2.24. The zero-order chi connectivity index (χ0) is 9.10. The Hall–Kier alpha value is -2.08. The summed E-state index contributed by atoms with van der Waals surface area (Å²) in [6, 6.07) is 7.69. The highest BCUT2D eigenvalue weighted by Gasteiger charge is 1.94. The van der Waals surface area contributed by atoms with Crippen LogP contribution in [-0.4, -0.2) is 4.90 Å². The van der Waals surface area contributed by atoms with Crippen molar-refractivity contribution in [3.05, 3.63) is 47.2 Å². The van der Waals surface area contributed by atoms with E-state index in [1.807, 2.05) is 30.5 Å². The van der Waals surface area contributed by atoms with Crippen molar-refractivity contribution in [1.82, 2.24) is 4.90 Å². The van der Waals surface area contributed by atoms with E-state index in [2.05, 4.69) is 4.99 Å². The molecule has 2 rings (SSSR count). The van der Waals surface area contributed by atoms with E-state index in [4.69, 9.17) is 5.26 Å². The van der Waals surface area contributed by atoms with E-state index in [0.717, 1.165) is 10.6 Å². The van der Waals surface area contributed by atoms with Gasteiger partial charge in [-0.15, -0.1) is 0 Å². The summed E-state index contributed by atoms with van der Waals surface area (Å²) >= 11 is 0. The van der Waals surface area contributed by atoms with Crippen LogP contribution in [0.3, 0.4) is 0 Å². The number of para-hydroxylation sites is 1. The normalized spacial score (nSPS) is 13.3. The molecule has 1 aromatic rings. The minimum absolute atomic E-state index is 0.886. The van der Waals surface area contributed by atoms with Gasteiger partial charge in [-0.1, -0.05) is 18.2 Å². The highest BCUT2D eigenvalue weighted by molar-refractivity contribution is 5.28. The maximum atomic E-state index is 8.69. The van der Waals surface area contributed by atoms with Crippen molar-refractivity contribution >= 4 is 6.20 Å². The molecule has 0 amide bonds. The molecule has 62 valence electrons. The summed E-state index contributed by atoms with van der Waals surface area (Å²) in [4.78, 5) is 5.61. The first-order chi connectivity index (χ1) is 6.40. The molecule has 0 atom stereocenters. The lowest BCUT2D eigenvalue weighted by atomic mass is 10.3. The van der Waals surface area contributed by atoms with Crippen molar-refractivity contribution < 1.29 is 0 Å². The van der Waals surface area contributed by atoms with Crippen molar-refractivity contribution in [3.63, 3.8) is 0 Å². The van der Waals surface area contributed by atoms with Crippen LogP contribution >= 0.6 is 0 Å². The first-order valence-corrected chi connectivity index (χ1v) is 3.89. The van der Waals surface area contributed by atoms with Gasteiger partial charge >= 0.3 is 0 Å². The van der Waals surface area contributed by atoms with E-state index in [0.29, 0.717) is 0 Å². The molecular weight excluding hydrogens is 162 g/mol. The Labute approximate surface area is 75.6 Å². The second-order valence-corrected chi connectivity index (χ2v) is 2.62. The summed E-state index contributed by atoms with van der Waals surface area (Å²) in [7, 11) is 0. The second-order valence-electron chi connectivity index (χ2n) is 2.62. The molecule has 0 fully saturated rings. The fourth-order valence-electron chi connectivity index (χ4n) is 1.15. The third-order valence-electron chi connectivity index (χ3n) is 1.77. The molecule has 0 aliphatic carbocycles. The van der Waals surface area contributed by atoms with Gasteiger partial charge in [-0.25, -0.2) is 0 Å². The number of hydrogen-bond donors (Lipinski definition) is 0. The quantitative estimate of drug-likeness (QED) is 0.524. The SMILES string of the molecule is N#CN1C=CN=c2ccccc2=C1. The molecule has 3 heteroatoms. The first kappa shape index (κ1) is 7.56. The molecule has 0 saturated carbocycles. The van der Waals surface area contributed by atoms with Gasteiger partial charge in [-0.3, -0.25) is 9.89 Å².